The summed E-state index contributed by atoms with van der Waals surface area (Å²) < 4.78 is 44.3. The molecule has 0 atom stereocenters. The summed E-state index contributed by atoms with van der Waals surface area (Å²) in [7, 11) is -3.32. The summed E-state index contributed by atoms with van der Waals surface area (Å²) in [6, 6.07) is 20.7. The molecule has 2 fully saturated rings. The molecule has 3 aromatic carbocycles. The molecule has 212 valence electrons. The predicted octanol–water partition coefficient (Wildman–Crippen LogP) is 5.90. The summed E-state index contributed by atoms with van der Waals surface area (Å²) in [4.78, 5) is 17.5. The molecular formula is C30H35FN4O4S. The second-order valence-electron chi connectivity index (χ2n) is 10.7. The van der Waals surface area contributed by atoms with E-state index in [1.54, 1.807) is 36.4 Å². The van der Waals surface area contributed by atoms with Gasteiger partial charge < -0.3 is 15.0 Å². The molecule has 2 amide bonds. The molecule has 5 rings (SSSR count). The van der Waals surface area contributed by atoms with E-state index in [2.05, 4.69) is 27.1 Å². The van der Waals surface area contributed by atoms with Gasteiger partial charge in [-0.1, -0.05) is 12.1 Å². The summed E-state index contributed by atoms with van der Waals surface area (Å²) >= 11 is 0. The van der Waals surface area contributed by atoms with Crippen molar-refractivity contribution in [2.24, 2.45) is 5.92 Å². The highest BCUT2D eigenvalue weighted by Crippen LogP contribution is 2.32. The van der Waals surface area contributed by atoms with Crippen molar-refractivity contribution in [3.05, 3.63) is 84.2 Å². The Kier molecular flexibility index (Phi) is 8.56. The van der Waals surface area contributed by atoms with Crippen LogP contribution in [0.2, 0.25) is 0 Å². The second kappa shape index (κ2) is 12.3. The minimum Gasteiger partial charge on any atom is -0.457 e. The molecule has 1 saturated carbocycles. The first-order valence-corrected chi connectivity index (χ1v) is 15.5. The number of carbonyl (C=O) groups is 1. The van der Waals surface area contributed by atoms with Gasteiger partial charge in [-0.15, -0.1) is 0 Å². The lowest BCUT2D eigenvalue weighted by Gasteiger charge is -2.38. The molecule has 1 aliphatic heterocycles. The van der Waals surface area contributed by atoms with Gasteiger partial charge >= 0.3 is 6.03 Å². The van der Waals surface area contributed by atoms with Crippen molar-refractivity contribution >= 4 is 27.4 Å². The Morgan fingerprint density at radius 1 is 0.900 bits per heavy atom. The number of halogens is 1. The highest BCUT2D eigenvalue weighted by molar-refractivity contribution is 7.92. The van der Waals surface area contributed by atoms with E-state index in [1.807, 2.05) is 17.0 Å². The first kappa shape index (κ1) is 27.9. The monoisotopic (exact) mass is 566 g/mol. The standard InChI is InChI=1S/C30H35FN4O4S/c1-40(37,38)33-26-10-14-29(15-11-26)39-28-12-4-22(5-13-28)20-34-18-16-27(17-19-34)35(21-23-2-3-23)30(36)32-25-8-6-24(31)7-9-25/h4-15,23,27,33H,2-3,16-21H2,1H3,(H,32,36). The van der Waals surface area contributed by atoms with Gasteiger partial charge in [0.25, 0.3) is 0 Å². The molecule has 2 N–H and O–H groups in total. The normalized spacial score (nSPS) is 16.4. The number of piperidine rings is 1. The second-order valence-corrected chi connectivity index (χ2v) is 12.4. The summed E-state index contributed by atoms with van der Waals surface area (Å²) in [5.74, 6) is 1.58. The van der Waals surface area contributed by atoms with Crippen LogP contribution in [0.3, 0.4) is 0 Å². The van der Waals surface area contributed by atoms with E-state index in [1.165, 1.54) is 30.5 Å². The van der Waals surface area contributed by atoms with Crippen molar-refractivity contribution in [3.63, 3.8) is 0 Å². The summed E-state index contributed by atoms with van der Waals surface area (Å²) in [6.45, 7) is 3.41. The maximum Gasteiger partial charge on any atom is 0.322 e. The number of carbonyl (C=O) groups excluding carboxylic acids is 1. The zero-order valence-corrected chi connectivity index (χ0v) is 23.4. The highest BCUT2D eigenvalue weighted by atomic mass is 32.2. The van der Waals surface area contributed by atoms with E-state index < -0.39 is 10.0 Å². The van der Waals surface area contributed by atoms with E-state index in [4.69, 9.17) is 4.74 Å². The van der Waals surface area contributed by atoms with Gasteiger partial charge in [-0.2, -0.15) is 0 Å². The highest BCUT2D eigenvalue weighted by Gasteiger charge is 2.33. The number of likely N-dealkylation sites (tertiary alicyclic amines) is 1. The van der Waals surface area contributed by atoms with E-state index in [-0.39, 0.29) is 17.9 Å². The van der Waals surface area contributed by atoms with Crippen LogP contribution in [0.25, 0.3) is 0 Å². The maximum atomic E-state index is 13.3. The third-order valence-corrected chi connectivity index (χ3v) is 7.84. The molecule has 8 nitrogen and oxygen atoms in total. The molecule has 1 heterocycles. The van der Waals surface area contributed by atoms with Crippen LogP contribution in [-0.2, 0) is 16.6 Å². The Morgan fingerprint density at radius 3 is 2.05 bits per heavy atom. The summed E-state index contributed by atoms with van der Waals surface area (Å²) in [5.41, 5.74) is 2.28. The van der Waals surface area contributed by atoms with Crippen molar-refractivity contribution in [2.45, 2.75) is 38.3 Å². The van der Waals surface area contributed by atoms with Gasteiger partial charge in [0.05, 0.1) is 6.26 Å². The number of amides is 2. The molecule has 3 aromatic rings. The Morgan fingerprint density at radius 2 is 1.48 bits per heavy atom. The average Bonchev–Trinajstić information content (AvgIpc) is 3.75. The number of sulfonamides is 1. The first-order chi connectivity index (χ1) is 19.2. The van der Waals surface area contributed by atoms with E-state index in [0.717, 1.165) is 45.3 Å². The number of anilines is 2. The van der Waals surface area contributed by atoms with Crippen LogP contribution in [0.1, 0.15) is 31.2 Å². The van der Waals surface area contributed by atoms with Gasteiger partial charge in [0.1, 0.15) is 17.3 Å². The number of rotatable bonds is 10. The SMILES string of the molecule is CS(=O)(=O)Nc1ccc(Oc2ccc(CN3CCC(N(CC4CC4)C(=O)Nc4ccc(F)cc4)CC3)cc2)cc1. The van der Waals surface area contributed by atoms with Gasteiger partial charge in [-0.05, 0) is 97.8 Å². The Balaban J connectivity index is 1.11. The quantitative estimate of drug-likeness (QED) is 0.319. The van der Waals surface area contributed by atoms with Crippen molar-refractivity contribution in [2.75, 3.05) is 35.9 Å². The number of urea groups is 1. The third-order valence-electron chi connectivity index (χ3n) is 7.23. The van der Waals surface area contributed by atoms with E-state index >= 15 is 0 Å². The van der Waals surface area contributed by atoms with Crippen molar-refractivity contribution in [1.82, 2.24) is 9.80 Å². The molecular weight excluding hydrogens is 531 g/mol. The van der Waals surface area contributed by atoms with Crippen LogP contribution in [0.4, 0.5) is 20.6 Å². The number of nitrogens with zero attached hydrogens (tertiary/aromatic N) is 2. The molecule has 40 heavy (non-hydrogen) atoms. The van der Waals surface area contributed by atoms with Gasteiger partial charge in [-0.25, -0.2) is 17.6 Å². The van der Waals surface area contributed by atoms with E-state index in [0.29, 0.717) is 28.8 Å². The Labute approximate surface area is 235 Å². The molecule has 0 radical (unpaired) electrons. The van der Waals surface area contributed by atoms with Crippen molar-refractivity contribution in [3.8, 4) is 11.5 Å². The van der Waals surface area contributed by atoms with Crippen molar-refractivity contribution < 1.29 is 22.3 Å². The Bertz CT molecular complexity index is 1390. The number of nitrogens with one attached hydrogen (secondary N) is 2. The molecule has 1 aliphatic carbocycles. The zero-order chi connectivity index (χ0) is 28.1. The number of hydrogen-bond donors (Lipinski definition) is 2. The number of ether oxygens (including phenoxy) is 1. The number of benzene rings is 3. The van der Waals surface area contributed by atoms with Crippen LogP contribution >= 0.6 is 0 Å². The van der Waals surface area contributed by atoms with Gasteiger partial charge in [-0.3, -0.25) is 9.62 Å². The molecule has 10 heteroatoms. The predicted molar refractivity (Wildman–Crippen MR) is 155 cm³/mol. The average molecular weight is 567 g/mol. The lowest BCUT2D eigenvalue weighted by Crippen LogP contribution is -2.49. The number of hydrogen-bond acceptors (Lipinski definition) is 5. The minimum absolute atomic E-state index is 0.103. The smallest absolute Gasteiger partial charge is 0.322 e. The first-order valence-electron chi connectivity index (χ1n) is 13.6. The molecule has 1 saturated heterocycles. The van der Waals surface area contributed by atoms with Crippen LogP contribution < -0.4 is 14.8 Å². The molecule has 0 spiro atoms. The summed E-state index contributed by atoms with van der Waals surface area (Å²) in [5, 5.41) is 2.95. The fourth-order valence-electron chi connectivity index (χ4n) is 4.96. The van der Waals surface area contributed by atoms with Crippen LogP contribution in [0.15, 0.2) is 72.8 Å². The molecule has 0 bridgehead atoms. The van der Waals surface area contributed by atoms with Gasteiger partial charge in [0.15, 0.2) is 0 Å². The topological polar surface area (TPSA) is 91.0 Å². The maximum absolute atomic E-state index is 13.3. The van der Waals surface area contributed by atoms with Crippen molar-refractivity contribution in [1.29, 1.82) is 0 Å². The van der Waals surface area contributed by atoms with E-state index in [9.17, 15) is 17.6 Å². The molecule has 2 aliphatic rings. The lowest BCUT2D eigenvalue weighted by molar-refractivity contribution is 0.121. The summed E-state index contributed by atoms with van der Waals surface area (Å²) in [6.07, 6.45) is 5.28. The van der Waals surface area contributed by atoms with Gasteiger partial charge in [0, 0.05) is 43.6 Å². The van der Waals surface area contributed by atoms with Crippen LogP contribution in [0.5, 0.6) is 11.5 Å². The fraction of sp³-hybridized carbons (Fsp3) is 0.367. The Hall–Kier alpha value is -3.63. The van der Waals surface area contributed by atoms with Crippen LogP contribution in [-0.4, -0.2) is 56.2 Å². The largest absolute Gasteiger partial charge is 0.457 e. The van der Waals surface area contributed by atoms with Gasteiger partial charge in [0.2, 0.25) is 10.0 Å². The lowest BCUT2D eigenvalue weighted by atomic mass is 10.0. The fourth-order valence-corrected chi connectivity index (χ4v) is 5.52. The third kappa shape index (κ3) is 8.19. The zero-order valence-electron chi connectivity index (χ0n) is 22.6. The van der Waals surface area contributed by atoms with Crippen LogP contribution in [0, 0.1) is 11.7 Å². The molecule has 0 aromatic heterocycles. The minimum atomic E-state index is -3.32. The molecule has 0 unspecified atom stereocenters.